The number of thiocarbonyl (C=S) groups is 1. The summed E-state index contributed by atoms with van der Waals surface area (Å²) in [5.74, 6) is -2.95. The predicted octanol–water partition coefficient (Wildman–Crippen LogP) is 7.72. The van der Waals surface area contributed by atoms with Crippen molar-refractivity contribution in [3.8, 4) is 11.1 Å². The van der Waals surface area contributed by atoms with Gasteiger partial charge in [-0.3, -0.25) is 0 Å². The van der Waals surface area contributed by atoms with E-state index in [2.05, 4.69) is 24.1 Å². The molecule has 2 aromatic rings. The van der Waals surface area contributed by atoms with Gasteiger partial charge in [0, 0.05) is 0 Å². The average molecular weight is 407 g/mol. The molecule has 1 nitrogen and oxygen atoms in total. The number of aliphatic imine (C=N–C) groups is 1. The van der Waals surface area contributed by atoms with Crippen molar-refractivity contribution in [2.24, 2.45) is 10.9 Å². The molecular formula is C22H21F4NS. The number of benzene rings is 2. The summed E-state index contributed by atoms with van der Waals surface area (Å²) in [4.78, 5) is 3.31. The third kappa shape index (κ3) is 4.34. The van der Waals surface area contributed by atoms with E-state index in [4.69, 9.17) is 0 Å². The highest BCUT2D eigenvalue weighted by Gasteiger charge is 2.25. The zero-order valence-corrected chi connectivity index (χ0v) is 16.4. The van der Waals surface area contributed by atoms with Gasteiger partial charge in [-0.05, 0) is 85.1 Å². The Morgan fingerprint density at radius 2 is 1.50 bits per heavy atom. The number of hydrogen-bond acceptors (Lipinski definition) is 2. The molecule has 1 aliphatic rings. The van der Waals surface area contributed by atoms with E-state index in [-0.39, 0.29) is 11.5 Å². The van der Waals surface area contributed by atoms with Crippen LogP contribution in [-0.2, 0) is 0 Å². The molecule has 0 radical (unpaired) electrons. The summed E-state index contributed by atoms with van der Waals surface area (Å²) in [5, 5.41) is 1.88. The largest absolute Gasteiger partial charge is 0.206 e. The van der Waals surface area contributed by atoms with E-state index in [1.807, 2.05) is 5.16 Å². The smallest absolute Gasteiger partial charge is 0.153 e. The highest BCUT2D eigenvalue weighted by atomic mass is 32.1. The van der Waals surface area contributed by atoms with Crippen molar-refractivity contribution in [1.82, 2.24) is 0 Å². The van der Waals surface area contributed by atoms with Crippen LogP contribution in [0.25, 0.3) is 11.1 Å². The molecule has 28 heavy (non-hydrogen) atoms. The van der Waals surface area contributed by atoms with Crippen molar-refractivity contribution >= 4 is 23.1 Å². The van der Waals surface area contributed by atoms with E-state index in [0.29, 0.717) is 11.5 Å². The van der Waals surface area contributed by atoms with E-state index < -0.39 is 34.5 Å². The first-order valence-corrected chi connectivity index (χ1v) is 9.91. The molecule has 2 aromatic carbocycles. The fourth-order valence-corrected chi connectivity index (χ4v) is 4.25. The summed E-state index contributed by atoms with van der Waals surface area (Å²) in [5.41, 5.74) is -0.679. The second kappa shape index (κ2) is 8.97. The Kier molecular flexibility index (Phi) is 6.63. The molecule has 0 atom stereocenters. The summed E-state index contributed by atoms with van der Waals surface area (Å²) in [6, 6.07) is 4.29. The van der Waals surface area contributed by atoms with Gasteiger partial charge in [-0.1, -0.05) is 19.8 Å². The third-order valence-corrected chi connectivity index (χ3v) is 5.63. The van der Waals surface area contributed by atoms with Crippen LogP contribution in [0.5, 0.6) is 0 Å². The summed E-state index contributed by atoms with van der Waals surface area (Å²) in [7, 11) is 0. The molecule has 0 heterocycles. The van der Waals surface area contributed by atoms with Gasteiger partial charge in [-0.2, -0.15) is 4.99 Å². The molecule has 3 rings (SSSR count). The van der Waals surface area contributed by atoms with E-state index in [1.165, 1.54) is 18.6 Å². The molecule has 0 aliphatic heterocycles. The maximum atomic E-state index is 14.7. The molecule has 0 amide bonds. The topological polar surface area (TPSA) is 12.4 Å². The molecule has 0 unspecified atom stereocenters. The number of halogens is 4. The molecule has 0 spiro atoms. The van der Waals surface area contributed by atoms with Gasteiger partial charge in [0.2, 0.25) is 0 Å². The van der Waals surface area contributed by atoms with E-state index in [0.717, 1.165) is 44.2 Å². The molecular weight excluding hydrogens is 386 g/mol. The summed E-state index contributed by atoms with van der Waals surface area (Å²) < 4.78 is 57.6. The highest BCUT2D eigenvalue weighted by Crippen LogP contribution is 2.40. The standard InChI is InChI=1S/C22H21F4NS/c1-2-3-13-4-6-14(7-5-13)15-8-17(23)21(18(24)9-15)16-10-19(25)22(27-12-28)20(26)11-16/h8-11,13-14H,2-7H2,1H3. The van der Waals surface area contributed by atoms with Crippen LogP contribution >= 0.6 is 12.2 Å². The van der Waals surface area contributed by atoms with E-state index in [1.54, 1.807) is 0 Å². The minimum absolute atomic E-state index is 0.110. The highest BCUT2D eigenvalue weighted by molar-refractivity contribution is 7.78. The van der Waals surface area contributed by atoms with Crippen LogP contribution in [0.2, 0.25) is 0 Å². The Bertz CT molecular complexity index is 867. The zero-order chi connectivity index (χ0) is 20.3. The Balaban J connectivity index is 1.90. The number of hydrogen-bond donors (Lipinski definition) is 0. The molecule has 148 valence electrons. The van der Waals surface area contributed by atoms with Gasteiger partial charge < -0.3 is 0 Å². The quantitative estimate of drug-likeness (QED) is 0.281. The van der Waals surface area contributed by atoms with Gasteiger partial charge in [0.25, 0.3) is 0 Å². The van der Waals surface area contributed by atoms with Crippen molar-refractivity contribution in [2.45, 2.75) is 51.4 Å². The second-order valence-corrected chi connectivity index (χ2v) is 7.54. The summed E-state index contributed by atoms with van der Waals surface area (Å²) >= 11 is 4.35. The first-order chi connectivity index (χ1) is 13.4. The molecule has 0 N–H and O–H groups in total. The lowest BCUT2D eigenvalue weighted by Gasteiger charge is -2.29. The Morgan fingerprint density at radius 1 is 0.929 bits per heavy atom. The molecule has 0 bridgehead atoms. The van der Waals surface area contributed by atoms with Crippen LogP contribution in [0.1, 0.15) is 56.9 Å². The molecule has 1 fully saturated rings. The Labute approximate surface area is 167 Å². The summed E-state index contributed by atoms with van der Waals surface area (Å²) in [6.45, 7) is 2.16. The van der Waals surface area contributed by atoms with Crippen LogP contribution in [0.3, 0.4) is 0 Å². The van der Waals surface area contributed by atoms with Gasteiger partial charge in [-0.25, -0.2) is 17.6 Å². The summed E-state index contributed by atoms with van der Waals surface area (Å²) in [6.07, 6.45) is 6.25. The van der Waals surface area contributed by atoms with Gasteiger partial charge in [-0.15, -0.1) is 0 Å². The predicted molar refractivity (Wildman–Crippen MR) is 106 cm³/mol. The maximum absolute atomic E-state index is 14.7. The minimum Gasteiger partial charge on any atom is -0.206 e. The lowest BCUT2D eigenvalue weighted by molar-refractivity contribution is 0.307. The van der Waals surface area contributed by atoms with Crippen molar-refractivity contribution < 1.29 is 17.6 Å². The monoisotopic (exact) mass is 407 g/mol. The zero-order valence-electron chi connectivity index (χ0n) is 15.6. The fourth-order valence-electron chi connectivity index (χ4n) is 4.16. The van der Waals surface area contributed by atoms with Crippen LogP contribution in [0, 0.1) is 29.2 Å². The van der Waals surface area contributed by atoms with E-state index in [9.17, 15) is 17.6 Å². The van der Waals surface area contributed by atoms with Crippen molar-refractivity contribution in [3.05, 3.63) is 53.1 Å². The van der Waals surface area contributed by atoms with Gasteiger partial charge in [0.15, 0.2) is 11.6 Å². The molecule has 6 heteroatoms. The van der Waals surface area contributed by atoms with Gasteiger partial charge >= 0.3 is 0 Å². The van der Waals surface area contributed by atoms with Crippen LogP contribution < -0.4 is 0 Å². The first-order valence-electron chi connectivity index (χ1n) is 9.50. The van der Waals surface area contributed by atoms with Gasteiger partial charge in [0.1, 0.15) is 17.3 Å². The first kappa shape index (κ1) is 20.7. The van der Waals surface area contributed by atoms with Crippen molar-refractivity contribution in [2.75, 3.05) is 0 Å². The SMILES string of the molecule is CCCC1CCC(c2cc(F)c(-c3cc(F)c(N=C=S)c(F)c3)c(F)c2)CC1. The average Bonchev–Trinajstić information content (AvgIpc) is 2.65. The molecule has 0 saturated heterocycles. The molecule has 1 saturated carbocycles. The molecule has 0 aromatic heterocycles. The second-order valence-electron chi connectivity index (χ2n) is 7.36. The van der Waals surface area contributed by atoms with Crippen LogP contribution in [-0.4, -0.2) is 5.16 Å². The Morgan fingerprint density at radius 3 is 2.00 bits per heavy atom. The lowest BCUT2D eigenvalue weighted by Crippen LogP contribution is -2.13. The Hall–Kier alpha value is -2.04. The third-order valence-electron chi connectivity index (χ3n) is 5.54. The van der Waals surface area contributed by atoms with E-state index >= 15 is 0 Å². The lowest BCUT2D eigenvalue weighted by atomic mass is 9.77. The number of rotatable bonds is 5. The van der Waals surface area contributed by atoms with Crippen molar-refractivity contribution in [1.29, 1.82) is 0 Å². The van der Waals surface area contributed by atoms with Crippen LogP contribution in [0.4, 0.5) is 23.2 Å². The van der Waals surface area contributed by atoms with Crippen molar-refractivity contribution in [3.63, 3.8) is 0 Å². The normalized spacial score (nSPS) is 19.3. The fraction of sp³-hybridized carbons (Fsp3) is 0.409. The molecule has 1 aliphatic carbocycles. The number of nitrogens with zero attached hydrogens (tertiary/aromatic N) is 1. The minimum atomic E-state index is -1.05. The van der Waals surface area contributed by atoms with Gasteiger partial charge in [0.05, 0.1) is 10.7 Å². The number of isothiocyanates is 1. The van der Waals surface area contributed by atoms with Crippen LogP contribution in [0.15, 0.2) is 29.3 Å². The maximum Gasteiger partial charge on any atom is 0.153 e.